The van der Waals surface area contributed by atoms with Crippen molar-refractivity contribution in [3.8, 4) is 0 Å². The van der Waals surface area contributed by atoms with E-state index in [0.717, 1.165) is 42.0 Å². The van der Waals surface area contributed by atoms with Gasteiger partial charge in [-0.1, -0.05) is 41.0 Å². The molecule has 2 fully saturated rings. The Morgan fingerprint density at radius 3 is 2.60 bits per heavy atom. The number of cyclic esters (lactones) is 1. The predicted molar refractivity (Wildman–Crippen MR) is 136 cm³/mol. The normalized spacial score (nSPS) is 35.3. The monoisotopic (exact) mass is 507 g/mol. The van der Waals surface area contributed by atoms with Gasteiger partial charge in [0.25, 0.3) is 0 Å². The minimum atomic E-state index is -1.22. The first-order valence-electron chi connectivity index (χ1n) is 12.8. The Kier molecular flexibility index (Phi) is 9.29. The molecule has 0 aromatic carbocycles. The van der Waals surface area contributed by atoms with Crippen molar-refractivity contribution in [2.45, 2.75) is 111 Å². The molecular weight excluding hydrogens is 466 g/mol. The lowest BCUT2D eigenvalue weighted by Crippen LogP contribution is -2.45. The summed E-state index contributed by atoms with van der Waals surface area (Å²) < 4.78 is 11.7. The van der Waals surface area contributed by atoms with Gasteiger partial charge in [-0.3, -0.25) is 9.59 Å². The number of rotatable bonds is 3. The quantitative estimate of drug-likeness (QED) is 0.463. The Morgan fingerprint density at radius 1 is 1.23 bits per heavy atom. The molecule has 8 heteroatoms. The van der Waals surface area contributed by atoms with Crippen molar-refractivity contribution in [2.24, 2.45) is 17.3 Å². The number of hydrogen-bond acceptors (Lipinski definition) is 8. The van der Waals surface area contributed by atoms with Crippen LogP contribution in [0.15, 0.2) is 11.0 Å². The number of carbonyl (C=O) groups excluding carboxylic acids is 2. The average Bonchev–Trinajstić information content (AvgIpc) is 3.38. The Labute approximate surface area is 212 Å². The molecule has 0 amide bonds. The molecule has 1 aromatic rings. The van der Waals surface area contributed by atoms with E-state index in [1.54, 1.807) is 32.1 Å². The molecule has 35 heavy (non-hydrogen) atoms. The summed E-state index contributed by atoms with van der Waals surface area (Å²) in [5.41, 5.74) is 0.518. The van der Waals surface area contributed by atoms with E-state index >= 15 is 0 Å². The van der Waals surface area contributed by atoms with Crippen molar-refractivity contribution < 1.29 is 29.3 Å². The summed E-state index contributed by atoms with van der Waals surface area (Å²) in [6.45, 7) is 10.9. The van der Waals surface area contributed by atoms with Gasteiger partial charge in [-0.2, -0.15) is 0 Å². The van der Waals surface area contributed by atoms with Crippen LogP contribution < -0.4 is 0 Å². The van der Waals surface area contributed by atoms with Gasteiger partial charge in [-0.25, -0.2) is 4.98 Å². The largest absolute Gasteiger partial charge is 0.458 e. The van der Waals surface area contributed by atoms with E-state index in [2.05, 4.69) is 11.9 Å². The summed E-state index contributed by atoms with van der Waals surface area (Å²) in [5.74, 6) is -1.51. The van der Waals surface area contributed by atoms with Crippen molar-refractivity contribution in [3.63, 3.8) is 0 Å². The van der Waals surface area contributed by atoms with Crippen LogP contribution in [-0.2, 0) is 25.5 Å². The van der Waals surface area contributed by atoms with Gasteiger partial charge in [0, 0.05) is 17.7 Å². The summed E-state index contributed by atoms with van der Waals surface area (Å²) in [6, 6.07) is 0. The maximum atomic E-state index is 13.2. The molecule has 0 radical (unpaired) electrons. The second-order valence-corrected chi connectivity index (χ2v) is 11.8. The molecule has 0 spiro atoms. The van der Waals surface area contributed by atoms with Crippen LogP contribution in [0.5, 0.6) is 0 Å². The number of carbonyl (C=O) groups is 2. The predicted octanol–water partition coefficient (Wildman–Crippen LogP) is 4.34. The highest BCUT2D eigenvalue weighted by molar-refractivity contribution is 7.09. The van der Waals surface area contributed by atoms with E-state index in [1.807, 2.05) is 25.3 Å². The van der Waals surface area contributed by atoms with Gasteiger partial charge >= 0.3 is 5.97 Å². The van der Waals surface area contributed by atoms with E-state index in [0.29, 0.717) is 6.42 Å². The number of aryl methyl sites for hydroxylation is 1. The number of aromatic nitrogens is 1. The number of epoxide rings is 1. The lowest BCUT2D eigenvalue weighted by Gasteiger charge is -2.34. The van der Waals surface area contributed by atoms with Crippen LogP contribution in [0.3, 0.4) is 0 Å². The van der Waals surface area contributed by atoms with Gasteiger partial charge in [0.15, 0.2) is 0 Å². The molecule has 0 unspecified atom stereocenters. The van der Waals surface area contributed by atoms with Crippen molar-refractivity contribution in [1.82, 2.24) is 4.98 Å². The van der Waals surface area contributed by atoms with Crippen LogP contribution in [0, 0.1) is 17.3 Å². The van der Waals surface area contributed by atoms with Gasteiger partial charge in [0.2, 0.25) is 0 Å². The highest BCUT2D eigenvalue weighted by Crippen LogP contribution is 2.36. The molecular formula is C27H41NO6S. The van der Waals surface area contributed by atoms with E-state index in [9.17, 15) is 19.8 Å². The minimum Gasteiger partial charge on any atom is -0.458 e. The highest BCUT2D eigenvalue weighted by Gasteiger charge is 2.44. The van der Waals surface area contributed by atoms with Gasteiger partial charge < -0.3 is 19.7 Å². The van der Waals surface area contributed by atoms with Gasteiger partial charge in [0.1, 0.15) is 11.9 Å². The average molecular weight is 508 g/mol. The summed E-state index contributed by atoms with van der Waals surface area (Å²) in [5, 5.41) is 24.7. The van der Waals surface area contributed by atoms with Crippen LogP contribution in [0.1, 0.15) is 84.3 Å². The Morgan fingerprint density at radius 2 is 1.94 bits per heavy atom. The third-order valence-corrected chi connectivity index (χ3v) is 8.66. The molecule has 1 aromatic heterocycles. The molecule has 3 rings (SSSR count). The van der Waals surface area contributed by atoms with Gasteiger partial charge in [-0.05, 0) is 43.8 Å². The third-order valence-electron chi connectivity index (χ3n) is 7.65. The number of ether oxygens (including phenoxy) is 2. The Balaban J connectivity index is 1.81. The number of Topliss-reactive ketones (excluding diaryl/α,β-unsaturated/α-hetero) is 1. The van der Waals surface area contributed by atoms with Crippen LogP contribution in [0.25, 0.3) is 6.08 Å². The molecule has 3 heterocycles. The number of fused-ring (bicyclic) bond motifs is 1. The molecule has 2 aliphatic heterocycles. The first-order valence-corrected chi connectivity index (χ1v) is 13.7. The third kappa shape index (κ3) is 7.00. The standard InChI is InChI=1S/C27H41NO6S/c1-7-23-28-18(14-35-23)11-16(3)20-12-21-19(33-21)10-8-9-15(2)25(31)17(4)26(32)27(5,6)22(29)13-24(30)34-20/h11,14-15,17,19-22,25,29,31H,7-10,12-13H2,1-6H3/t15-,17+,19+,20-,21-,22-,25-/m0/s1. The van der Waals surface area contributed by atoms with Gasteiger partial charge in [0.05, 0.1) is 47.0 Å². The van der Waals surface area contributed by atoms with E-state index in [4.69, 9.17) is 9.47 Å². The zero-order valence-corrected chi connectivity index (χ0v) is 22.6. The van der Waals surface area contributed by atoms with E-state index in [-0.39, 0.29) is 30.3 Å². The second-order valence-electron chi connectivity index (χ2n) is 10.8. The number of nitrogens with zero attached hydrogens (tertiary/aromatic N) is 1. The SMILES string of the molecule is CCc1nc(C=C(C)[C@@H]2C[C@@H]3O[C@@H]3CCC[C@H](C)[C@H](O)[C@@H](C)C(=O)C(C)(C)[C@@H](O)CC(=O)O2)cs1. The first-order chi connectivity index (χ1) is 16.4. The van der Waals surface area contributed by atoms with Crippen LogP contribution in [-0.4, -0.2) is 57.5 Å². The van der Waals surface area contributed by atoms with Crippen molar-refractivity contribution in [2.75, 3.05) is 0 Å². The number of hydrogen-bond donors (Lipinski definition) is 2. The van der Waals surface area contributed by atoms with Gasteiger partial charge in [-0.15, -0.1) is 11.3 Å². The van der Waals surface area contributed by atoms with E-state index in [1.165, 1.54) is 0 Å². The molecule has 0 aliphatic carbocycles. The maximum Gasteiger partial charge on any atom is 0.309 e. The lowest BCUT2D eigenvalue weighted by atomic mass is 9.73. The number of esters is 1. The zero-order chi connectivity index (χ0) is 25.9. The number of aliphatic hydroxyl groups is 2. The molecule has 2 saturated heterocycles. The van der Waals surface area contributed by atoms with Crippen LogP contribution in [0.4, 0.5) is 0 Å². The molecule has 7 atom stereocenters. The molecule has 0 saturated carbocycles. The number of thiazole rings is 1. The highest BCUT2D eigenvalue weighted by atomic mass is 32.1. The molecule has 2 N–H and O–H groups in total. The lowest BCUT2D eigenvalue weighted by molar-refractivity contribution is -0.154. The summed E-state index contributed by atoms with van der Waals surface area (Å²) in [6.07, 6.45) is 3.17. The van der Waals surface area contributed by atoms with Crippen molar-refractivity contribution in [3.05, 3.63) is 21.7 Å². The second kappa shape index (κ2) is 11.6. The van der Waals surface area contributed by atoms with E-state index < -0.39 is 35.6 Å². The molecule has 2 aliphatic rings. The summed E-state index contributed by atoms with van der Waals surface area (Å²) in [7, 11) is 0. The minimum absolute atomic E-state index is 0.00721. The Hall–Kier alpha value is -1.61. The fourth-order valence-corrected chi connectivity index (χ4v) is 5.59. The van der Waals surface area contributed by atoms with Crippen molar-refractivity contribution >= 4 is 29.2 Å². The number of ketones is 1. The van der Waals surface area contributed by atoms with Crippen LogP contribution in [0.2, 0.25) is 0 Å². The Bertz CT molecular complexity index is 925. The smallest absolute Gasteiger partial charge is 0.309 e. The molecule has 7 nitrogen and oxygen atoms in total. The maximum absolute atomic E-state index is 13.2. The molecule has 0 bridgehead atoms. The topological polar surface area (TPSA) is 109 Å². The summed E-state index contributed by atoms with van der Waals surface area (Å²) in [4.78, 5) is 30.7. The first kappa shape index (κ1) is 28.0. The summed E-state index contributed by atoms with van der Waals surface area (Å²) >= 11 is 1.60. The molecule has 196 valence electrons. The van der Waals surface area contributed by atoms with Crippen LogP contribution >= 0.6 is 11.3 Å². The van der Waals surface area contributed by atoms with Crippen molar-refractivity contribution in [1.29, 1.82) is 0 Å². The number of aliphatic hydroxyl groups excluding tert-OH is 2. The zero-order valence-electron chi connectivity index (χ0n) is 21.8. The fourth-order valence-electron chi connectivity index (χ4n) is 4.89. The fraction of sp³-hybridized carbons (Fsp3) is 0.741.